The quantitative estimate of drug-likeness (QED) is 0.419. The predicted molar refractivity (Wildman–Crippen MR) is 107 cm³/mol. The molecule has 7 nitrogen and oxygen atoms in total. The van der Waals surface area contributed by atoms with Crippen molar-refractivity contribution in [2.45, 2.75) is 19.6 Å². The Hall–Kier alpha value is -3.40. The summed E-state index contributed by atoms with van der Waals surface area (Å²) in [6.45, 7) is 1.80. The van der Waals surface area contributed by atoms with Gasteiger partial charge in [0.2, 0.25) is 0 Å². The first-order valence-corrected chi connectivity index (χ1v) is 8.99. The molecule has 0 atom stereocenters. The van der Waals surface area contributed by atoms with Crippen LogP contribution in [0.2, 0.25) is 5.02 Å². The molecule has 1 amide bonds. The molecule has 0 aliphatic carbocycles. The minimum Gasteiger partial charge on any atom is -0.362 e. The number of alkyl halides is 3. The van der Waals surface area contributed by atoms with E-state index in [1.807, 2.05) is 0 Å². The smallest absolute Gasteiger partial charge is 0.362 e. The van der Waals surface area contributed by atoms with Gasteiger partial charge in [-0.1, -0.05) is 11.6 Å². The number of anilines is 2. The molecule has 0 saturated heterocycles. The molecule has 2 aromatic heterocycles. The number of aromatic amines is 1. The Balaban J connectivity index is 1.82. The van der Waals surface area contributed by atoms with Crippen LogP contribution >= 0.6 is 11.6 Å². The molecule has 11 heteroatoms. The number of amides is 1. The minimum atomic E-state index is -4.47. The summed E-state index contributed by atoms with van der Waals surface area (Å²) in [5.74, 6) is 0.285. The van der Waals surface area contributed by atoms with Crippen LogP contribution in [0.3, 0.4) is 0 Å². The van der Waals surface area contributed by atoms with Gasteiger partial charge in [-0.05, 0) is 31.2 Å². The van der Waals surface area contributed by atoms with Gasteiger partial charge < -0.3 is 21.0 Å². The Bertz CT molecular complexity index is 1070. The topological polar surface area (TPSA) is 107 Å². The zero-order valence-corrected chi connectivity index (χ0v) is 16.3. The Morgan fingerprint density at radius 2 is 1.93 bits per heavy atom. The van der Waals surface area contributed by atoms with Crippen molar-refractivity contribution in [1.29, 1.82) is 5.41 Å². The van der Waals surface area contributed by atoms with E-state index in [0.717, 1.165) is 24.3 Å². The number of pyridine rings is 1. The number of rotatable bonds is 6. The highest BCUT2D eigenvalue weighted by Gasteiger charge is 2.30. The van der Waals surface area contributed by atoms with Crippen molar-refractivity contribution in [2.75, 3.05) is 10.6 Å². The van der Waals surface area contributed by atoms with Crippen LogP contribution < -0.4 is 10.6 Å². The molecular formula is C19H16ClF3N6O. The van der Waals surface area contributed by atoms with Gasteiger partial charge in [-0.25, -0.2) is 9.97 Å². The summed E-state index contributed by atoms with van der Waals surface area (Å²) >= 11 is 6.36. The molecule has 3 rings (SSSR count). The predicted octanol–water partition coefficient (Wildman–Crippen LogP) is 4.73. The van der Waals surface area contributed by atoms with Gasteiger partial charge in [0.25, 0.3) is 5.91 Å². The number of carbonyl (C=O) groups excluding carboxylic acids is 1. The second-order valence-electron chi connectivity index (χ2n) is 6.25. The second kappa shape index (κ2) is 8.54. The number of hydrogen-bond acceptors (Lipinski definition) is 5. The zero-order valence-electron chi connectivity index (χ0n) is 15.6. The normalized spacial score (nSPS) is 11.2. The zero-order chi connectivity index (χ0) is 21.9. The van der Waals surface area contributed by atoms with Gasteiger partial charge in [0.15, 0.2) is 0 Å². The highest BCUT2D eigenvalue weighted by molar-refractivity contribution is 6.38. The molecule has 0 fully saturated rings. The fourth-order valence-corrected chi connectivity index (χ4v) is 2.99. The number of halogens is 4. The lowest BCUT2D eigenvalue weighted by Crippen LogP contribution is -2.16. The third kappa shape index (κ3) is 4.77. The molecule has 0 saturated carbocycles. The second-order valence-corrected chi connectivity index (χ2v) is 6.63. The van der Waals surface area contributed by atoms with Crippen molar-refractivity contribution in [3.8, 4) is 0 Å². The summed E-state index contributed by atoms with van der Waals surface area (Å²) in [7, 11) is 0. The van der Waals surface area contributed by atoms with Crippen LogP contribution in [0.1, 0.15) is 34.2 Å². The number of hydrogen-bond donors (Lipinski definition) is 4. The molecule has 0 aliphatic rings. The number of imidazole rings is 1. The first kappa shape index (κ1) is 21.3. The van der Waals surface area contributed by atoms with Crippen LogP contribution in [-0.4, -0.2) is 26.6 Å². The number of aromatic nitrogens is 3. The fourth-order valence-electron chi connectivity index (χ4n) is 2.63. The molecule has 3 aromatic rings. The summed E-state index contributed by atoms with van der Waals surface area (Å²) in [4.78, 5) is 23.8. The molecule has 30 heavy (non-hydrogen) atoms. The van der Waals surface area contributed by atoms with E-state index >= 15 is 0 Å². The lowest BCUT2D eigenvalue weighted by molar-refractivity contribution is -0.137. The van der Waals surface area contributed by atoms with E-state index in [1.54, 1.807) is 12.4 Å². The molecule has 0 unspecified atom stereocenters. The molecule has 156 valence electrons. The Labute approximate surface area is 174 Å². The average Bonchev–Trinajstić information content (AvgIpc) is 3.19. The van der Waals surface area contributed by atoms with Gasteiger partial charge >= 0.3 is 6.18 Å². The van der Waals surface area contributed by atoms with Crippen molar-refractivity contribution in [3.05, 3.63) is 70.4 Å². The fraction of sp³-hybridized carbons (Fsp3) is 0.158. The SMILES string of the molecule is CC(=N)c1c(NCc2ncc[nH]2)ncc(C(=O)Nc2ccc(C(F)(F)F)cc2)c1Cl. The first-order valence-electron chi connectivity index (χ1n) is 8.61. The summed E-state index contributed by atoms with van der Waals surface area (Å²) in [5, 5.41) is 13.5. The third-order valence-corrected chi connectivity index (χ3v) is 4.48. The maximum absolute atomic E-state index is 12.7. The lowest BCUT2D eigenvalue weighted by Gasteiger charge is -2.14. The molecule has 0 radical (unpaired) electrons. The van der Waals surface area contributed by atoms with Crippen LogP contribution in [0.15, 0.2) is 42.9 Å². The van der Waals surface area contributed by atoms with Crippen molar-refractivity contribution < 1.29 is 18.0 Å². The van der Waals surface area contributed by atoms with Gasteiger partial charge in [0, 0.05) is 30.0 Å². The molecular weight excluding hydrogens is 421 g/mol. The maximum Gasteiger partial charge on any atom is 0.416 e. The molecule has 2 heterocycles. The largest absolute Gasteiger partial charge is 0.416 e. The van der Waals surface area contributed by atoms with E-state index in [2.05, 4.69) is 25.6 Å². The molecule has 0 bridgehead atoms. The Morgan fingerprint density at radius 3 is 2.50 bits per heavy atom. The standard InChI is InChI=1S/C19H16ClF3N6O/c1-10(24)15-16(20)13(8-27-17(15)28-9-14-25-6-7-26-14)18(30)29-12-4-2-11(3-5-12)19(21,22)23/h2-8,24H,9H2,1H3,(H,25,26)(H,27,28)(H,29,30). The van der Waals surface area contributed by atoms with Crippen molar-refractivity contribution in [1.82, 2.24) is 15.0 Å². The van der Waals surface area contributed by atoms with E-state index in [9.17, 15) is 18.0 Å². The number of carbonyl (C=O) groups is 1. The van der Waals surface area contributed by atoms with Gasteiger partial charge in [0.05, 0.1) is 28.3 Å². The summed E-state index contributed by atoms with van der Waals surface area (Å²) in [5.41, 5.74) is -0.352. The van der Waals surface area contributed by atoms with Crippen molar-refractivity contribution >= 4 is 34.7 Å². The van der Waals surface area contributed by atoms with E-state index in [1.165, 1.54) is 13.1 Å². The van der Waals surface area contributed by atoms with E-state index in [-0.39, 0.29) is 27.5 Å². The number of H-pyrrole nitrogens is 1. The van der Waals surface area contributed by atoms with Crippen LogP contribution in [-0.2, 0) is 12.7 Å². The van der Waals surface area contributed by atoms with Gasteiger partial charge in [-0.15, -0.1) is 0 Å². The van der Waals surface area contributed by atoms with Crippen LogP contribution in [0.4, 0.5) is 24.7 Å². The summed E-state index contributed by atoms with van der Waals surface area (Å²) in [6, 6.07) is 4.02. The summed E-state index contributed by atoms with van der Waals surface area (Å²) < 4.78 is 38.0. The molecule has 4 N–H and O–H groups in total. The Kier molecular flexibility index (Phi) is 6.06. The van der Waals surface area contributed by atoms with E-state index < -0.39 is 17.6 Å². The maximum atomic E-state index is 12.7. The van der Waals surface area contributed by atoms with Gasteiger partial charge in [-0.3, -0.25) is 4.79 Å². The van der Waals surface area contributed by atoms with Crippen molar-refractivity contribution in [2.24, 2.45) is 0 Å². The van der Waals surface area contributed by atoms with Crippen LogP contribution in [0.5, 0.6) is 0 Å². The third-order valence-electron chi connectivity index (χ3n) is 4.08. The van der Waals surface area contributed by atoms with Crippen LogP contribution in [0, 0.1) is 5.41 Å². The summed E-state index contributed by atoms with van der Waals surface area (Å²) in [6.07, 6.45) is 0.0209. The highest BCUT2D eigenvalue weighted by atomic mass is 35.5. The number of nitrogens with one attached hydrogen (secondary N) is 4. The number of nitrogens with zero attached hydrogens (tertiary/aromatic N) is 2. The van der Waals surface area contributed by atoms with E-state index in [4.69, 9.17) is 17.0 Å². The van der Waals surface area contributed by atoms with Crippen molar-refractivity contribution in [3.63, 3.8) is 0 Å². The van der Waals surface area contributed by atoms with Crippen LogP contribution in [0.25, 0.3) is 0 Å². The average molecular weight is 437 g/mol. The van der Waals surface area contributed by atoms with Gasteiger partial charge in [0.1, 0.15) is 11.6 Å². The van der Waals surface area contributed by atoms with Gasteiger partial charge in [-0.2, -0.15) is 13.2 Å². The highest BCUT2D eigenvalue weighted by Crippen LogP contribution is 2.31. The number of benzene rings is 1. The molecule has 1 aromatic carbocycles. The lowest BCUT2D eigenvalue weighted by atomic mass is 10.1. The first-order chi connectivity index (χ1) is 14.2. The molecule has 0 aliphatic heterocycles. The molecule has 0 spiro atoms. The monoisotopic (exact) mass is 436 g/mol. The minimum absolute atomic E-state index is 0.00357. The Morgan fingerprint density at radius 1 is 1.23 bits per heavy atom. The van der Waals surface area contributed by atoms with E-state index in [0.29, 0.717) is 18.2 Å².